The van der Waals surface area contributed by atoms with Gasteiger partial charge in [-0.25, -0.2) is 27.8 Å². The van der Waals surface area contributed by atoms with Gasteiger partial charge >= 0.3 is 0 Å². The highest BCUT2D eigenvalue weighted by molar-refractivity contribution is 4.84. The average Bonchev–Trinajstić information content (AvgIpc) is 2.99. The first kappa shape index (κ1) is 45.7. The second-order valence-electron chi connectivity index (χ2n) is 11.2. The fraction of sp³-hybridized carbons (Fsp3) is 0.706. The minimum atomic E-state index is -4.94. The standard InChI is InChI=1S/2C17H30N.ClHO4.ClO3/c2*1-2-3-4-5-6-7-8-9-10-12-15-18-16-13-11-14-17-18;2-1(3,4)5;2-1(3)4/h2*11,13-14,16-17H,2-10,12,15H2,1H3;(H,2,3,4,5);/q2*+1;;-1/p-1. The van der Waals surface area contributed by atoms with Crippen LogP contribution in [0.5, 0.6) is 0 Å². The van der Waals surface area contributed by atoms with Crippen molar-refractivity contribution < 1.29 is 62.8 Å². The zero-order valence-corrected chi connectivity index (χ0v) is 29.3. The number of rotatable bonds is 22. The van der Waals surface area contributed by atoms with Crippen LogP contribution in [0.4, 0.5) is 0 Å². The lowest BCUT2D eigenvalue weighted by Gasteiger charge is -2.17. The molecule has 0 atom stereocenters. The molecule has 0 fully saturated rings. The summed E-state index contributed by atoms with van der Waals surface area (Å²) in [4.78, 5) is 0. The molecule has 0 unspecified atom stereocenters. The van der Waals surface area contributed by atoms with Crippen molar-refractivity contribution in [3.8, 4) is 0 Å². The molecule has 0 N–H and O–H groups in total. The highest BCUT2D eigenvalue weighted by atomic mass is 35.7. The van der Waals surface area contributed by atoms with Crippen molar-refractivity contribution in [2.24, 2.45) is 0 Å². The maximum atomic E-state index is 8.49. The molecule has 262 valence electrons. The van der Waals surface area contributed by atoms with E-state index in [9.17, 15) is 0 Å². The van der Waals surface area contributed by atoms with Crippen LogP contribution in [0.15, 0.2) is 61.2 Å². The molecule has 0 bridgehead atoms. The van der Waals surface area contributed by atoms with E-state index in [0.29, 0.717) is 0 Å². The normalized spacial score (nSPS) is 10.7. The number of nitrogens with zero attached hydrogens (tertiary/aromatic N) is 2. The topological polar surface area (TPSA) is 169 Å². The van der Waals surface area contributed by atoms with Crippen molar-refractivity contribution in [3.05, 3.63) is 61.2 Å². The lowest BCUT2D eigenvalue weighted by molar-refractivity contribution is -2.00. The zero-order valence-electron chi connectivity index (χ0n) is 27.8. The Kier molecular flexibility index (Phi) is 36.0. The predicted octanol–water partition coefficient (Wildman–Crippen LogP) is 1.47. The van der Waals surface area contributed by atoms with Crippen LogP contribution in [0, 0.1) is 21.0 Å². The lowest BCUT2D eigenvalue weighted by atomic mass is 10.1. The van der Waals surface area contributed by atoms with E-state index in [4.69, 9.17) is 32.6 Å². The van der Waals surface area contributed by atoms with Gasteiger partial charge in [0.1, 0.15) is 13.1 Å². The maximum absolute atomic E-state index is 8.49. The van der Waals surface area contributed by atoms with Crippen LogP contribution >= 0.6 is 0 Å². The lowest BCUT2D eigenvalue weighted by Crippen LogP contribution is -2.68. The van der Waals surface area contributed by atoms with Crippen LogP contribution in [-0.4, -0.2) is 0 Å². The predicted molar refractivity (Wildman–Crippen MR) is 157 cm³/mol. The maximum Gasteiger partial charge on any atom is 0.168 e. The summed E-state index contributed by atoms with van der Waals surface area (Å²) < 4.78 is 63.8. The van der Waals surface area contributed by atoms with Gasteiger partial charge in [-0.1, -0.05) is 129 Å². The van der Waals surface area contributed by atoms with E-state index in [-0.39, 0.29) is 0 Å². The van der Waals surface area contributed by atoms with Gasteiger partial charge in [0.25, 0.3) is 0 Å². The molecule has 0 amide bonds. The molecule has 0 spiro atoms. The van der Waals surface area contributed by atoms with Gasteiger partial charge in [0.15, 0.2) is 24.8 Å². The highest BCUT2D eigenvalue weighted by Crippen LogP contribution is 2.11. The second kappa shape index (κ2) is 35.5. The SMILES string of the molecule is CCCCCCCCCCCC[n+]1ccccc1.CCCCCCCCCCCC[n+]1ccccc1.[O-][Cl+2]([O-])[O-].[O-][Cl+3]([O-])([O-])[O-]. The van der Waals surface area contributed by atoms with E-state index in [1.807, 2.05) is 0 Å². The summed E-state index contributed by atoms with van der Waals surface area (Å²) in [6.07, 6.45) is 36.9. The number of hydrogen-bond donors (Lipinski definition) is 0. The Morgan fingerprint density at radius 2 is 0.600 bits per heavy atom. The van der Waals surface area contributed by atoms with E-state index in [0.717, 1.165) is 0 Å². The number of pyridine rings is 2. The van der Waals surface area contributed by atoms with Crippen LogP contribution in [0.25, 0.3) is 0 Å². The van der Waals surface area contributed by atoms with Gasteiger partial charge in [-0.05, 0) is 12.8 Å². The molecule has 11 heteroatoms. The smallest absolute Gasteiger partial charge is 0.168 e. The molecule has 0 saturated heterocycles. The third-order valence-electron chi connectivity index (χ3n) is 7.09. The summed E-state index contributed by atoms with van der Waals surface area (Å²) >= 11 is 0. The Morgan fingerprint density at radius 3 is 0.822 bits per heavy atom. The van der Waals surface area contributed by atoms with Gasteiger partial charge in [0.05, 0.1) is 10.8 Å². The third-order valence-corrected chi connectivity index (χ3v) is 7.09. The first-order valence-electron chi connectivity index (χ1n) is 16.8. The van der Waals surface area contributed by atoms with Gasteiger partial charge < -0.3 is 14.0 Å². The molecule has 0 saturated carbocycles. The number of aryl methyl sites for hydroxylation is 2. The Bertz CT molecular complexity index is 749. The van der Waals surface area contributed by atoms with E-state index < -0.39 is 21.0 Å². The molecule has 0 aliphatic carbocycles. The Morgan fingerprint density at radius 1 is 0.400 bits per heavy atom. The summed E-state index contributed by atoms with van der Waals surface area (Å²) in [6.45, 7) is 6.92. The first-order chi connectivity index (χ1) is 21.6. The number of halogens is 2. The molecule has 2 rings (SSSR count). The molecule has 45 heavy (non-hydrogen) atoms. The number of aromatic nitrogens is 2. The molecule has 2 aromatic rings. The van der Waals surface area contributed by atoms with E-state index in [1.165, 1.54) is 142 Å². The molecule has 2 heterocycles. The second-order valence-corrected chi connectivity index (χ2v) is 12.3. The van der Waals surface area contributed by atoms with E-state index in [1.54, 1.807) is 0 Å². The van der Waals surface area contributed by atoms with Crippen molar-refractivity contribution in [1.29, 1.82) is 0 Å². The molecule has 2 aromatic heterocycles. The fourth-order valence-corrected chi connectivity index (χ4v) is 4.73. The summed E-state index contributed by atoms with van der Waals surface area (Å²) in [5, 5.41) is 0. The summed E-state index contributed by atoms with van der Waals surface area (Å²) in [5.41, 5.74) is 0. The van der Waals surface area contributed by atoms with Crippen molar-refractivity contribution in [3.63, 3.8) is 0 Å². The van der Waals surface area contributed by atoms with Gasteiger partial charge in [0.2, 0.25) is 0 Å². The van der Waals surface area contributed by atoms with E-state index in [2.05, 4.69) is 84.2 Å². The van der Waals surface area contributed by atoms with Crippen molar-refractivity contribution in [1.82, 2.24) is 0 Å². The van der Waals surface area contributed by atoms with Gasteiger partial charge in [0, 0.05) is 37.1 Å². The van der Waals surface area contributed by atoms with Crippen LogP contribution in [0.2, 0.25) is 0 Å². The van der Waals surface area contributed by atoms with Crippen molar-refractivity contribution in [2.45, 2.75) is 155 Å². The van der Waals surface area contributed by atoms with Crippen LogP contribution < -0.4 is 41.7 Å². The monoisotopic (exact) mass is 678 g/mol. The molecular formula is C34H60Cl2N2O7. The molecule has 9 nitrogen and oxygen atoms in total. The molecule has 0 aliphatic rings. The van der Waals surface area contributed by atoms with Crippen LogP contribution in [-0.2, 0) is 13.1 Å². The fourth-order valence-electron chi connectivity index (χ4n) is 4.73. The molecular weight excluding hydrogens is 619 g/mol. The van der Waals surface area contributed by atoms with Crippen LogP contribution in [0.3, 0.4) is 0 Å². The summed E-state index contributed by atoms with van der Waals surface area (Å²) in [5.74, 6) is 0. The third kappa shape index (κ3) is 47.1. The van der Waals surface area contributed by atoms with E-state index >= 15 is 0 Å². The Balaban J connectivity index is 0. The zero-order chi connectivity index (χ0) is 33.9. The van der Waals surface area contributed by atoms with Crippen LogP contribution in [0.1, 0.15) is 142 Å². The minimum absolute atomic E-state index is 1.18. The number of hydrogen-bond acceptors (Lipinski definition) is 7. The first-order valence-corrected chi connectivity index (χ1v) is 19.0. The average molecular weight is 680 g/mol. The molecule has 0 radical (unpaired) electrons. The Labute approximate surface area is 278 Å². The Hall–Kier alpha value is -1.40. The quantitative estimate of drug-likeness (QED) is 0.134. The number of unbranched alkanes of at least 4 members (excludes halogenated alkanes) is 18. The minimum Gasteiger partial charge on any atom is -0.357 e. The molecule has 0 aliphatic heterocycles. The molecule has 0 aromatic carbocycles. The van der Waals surface area contributed by atoms with Gasteiger partial charge in [-0.3, -0.25) is 0 Å². The largest absolute Gasteiger partial charge is 0.357 e. The summed E-state index contributed by atoms with van der Waals surface area (Å²) in [7, 11) is -7.80. The van der Waals surface area contributed by atoms with Gasteiger partial charge in [-0.2, -0.15) is 0 Å². The van der Waals surface area contributed by atoms with Gasteiger partial charge in [-0.15, -0.1) is 10.2 Å². The highest BCUT2D eigenvalue weighted by Gasteiger charge is 1.99. The van der Waals surface area contributed by atoms with Crippen molar-refractivity contribution >= 4 is 0 Å². The van der Waals surface area contributed by atoms with Crippen molar-refractivity contribution in [2.75, 3.05) is 0 Å². The summed E-state index contributed by atoms with van der Waals surface area (Å²) in [6, 6.07) is 12.6.